The summed E-state index contributed by atoms with van der Waals surface area (Å²) in [6.45, 7) is 8.15. The van der Waals surface area contributed by atoms with Gasteiger partial charge in [-0.3, -0.25) is 14.4 Å². The first kappa shape index (κ1) is 20.4. The number of carboxylic acids is 1. The van der Waals surface area contributed by atoms with Crippen molar-refractivity contribution in [1.29, 1.82) is 0 Å². The first-order valence-corrected chi connectivity index (χ1v) is 10.2. The number of thiophene rings is 1. The zero-order chi connectivity index (χ0) is 19.4. The Hall–Kier alpha value is -1.87. The average molecular weight is 398 g/mol. The molecule has 0 aromatic carbocycles. The second-order valence-corrected chi connectivity index (χ2v) is 8.52. The third-order valence-electron chi connectivity index (χ3n) is 4.19. The van der Waals surface area contributed by atoms with Crippen molar-refractivity contribution < 1.29 is 14.7 Å². The van der Waals surface area contributed by atoms with E-state index in [0.717, 1.165) is 15.3 Å². The molecule has 1 amide bonds. The molecule has 142 valence electrons. The molecule has 1 unspecified atom stereocenters. The van der Waals surface area contributed by atoms with Gasteiger partial charge in [-0.05, 0) is 33.3 Å². The number of thioether (sulfide) groups is 1. The van der Waals surface area contributed by atoms with Gasteiger partial charge in [0.2, 0.25) is 5.91 Å². The summed E-state index contributed by atoms with van der Waals surface area (Å²) in [5.74, 6) is -0.0787. The standard InChI is InChI=1S/C17H23N3O4S2/c1-5-20(7-6-13(21)22)17(24)11(4)25-8-12-18-15(23)14-9(2)10(3)26-16(14)19-12/h11H,5-8H2,1-4H3,(H,21,22)(H,18,19,23). The summed E-state index contributed by atoms with van der Waals surface area (Å²) in [5, 5.41) is 9.06. The van der Waals surface area contributed by atoms with Crippen molar-refractivity contribution >= 4 is 45.2 Å². The van der Waals surface area contributed by atoms with E-state index in [2.05, 4.69) is 9.97 Å². The fraction of sp³-hybridized carbons (Fsp3) is 0.529. The van der Waals surface area contributed by atoms with Gasteiger partial charge in [0.05, 0.1) is 22.8 Å². The molecule has 1 atom stereocenters. The lowest BCUT2D eigenvalue weighted by atomic mass is 10.2. The molecule has 0 fully saturated rings. The summed E-state index contributed by atoms with van der Waals surface area (Å²) in [5.41, 5.74) is 0.807. The summed E-state index contributed by atoms with van der Waals surface area (Å²) in [7, 11) is 0. The molecule has 7 nitrogen and oxygen atoms in total. The minimum absolute atomic E-state index is 0.0699. The quantitative estimate of drug-likeness (QED) is 0.709. The van der Waals surface area contributed by atoms with Gasteiger partial charge in [0.25, 0.3) is 5.56 Å². The molecule has 0 aliphatic carbocycles. The van der Waals surface area contributed by atoms with E-state index in [4.69, 9.17) is 5.11 Å². The smallest absolute Gasteiger partial charge is 0.305 e. The highest BCUT2D eigenvalue weighted by molar-refractivity contribution is 7.99. The highest BCUT2D eigenvalue weighted by atomic mass is 32.2. The molecule has 2 aromatic rings. The van der Waals surface area contributed by atoms with Crippen LogP contribution in [0.1, 0.15) is 36.5 Å². The van der Waals surface area contributed by atoms with Gasteiger partial charge in [-0.25, -0.2) is 4.98 Å². The van der Waals surface area contributed by atoms with Crippen LogP contribution in [0, 0.1) is 13.8 Å². The summed E-state index contributed by atoms with van der Waals surface area (Å²) in [6, 6.07) is 0. The number of hydrogen-bond donors (Lipinski definition) is 2. The molecule has 0 saturated heterocycles. The molecule has 0 aliphatic rings. The SMILES string of the molecule is CCN(CCC(=O)O)C(=O)C(C)SCc1nc2sc(C)c(C)c2c(=O)[nH]1. The minimum atomic E-state index is -0.923. The van der Waals surface area contributed by atoms with E-state index < -0.39 is 5.97 Å². The van der Waals surface area contributed by atoms with E-state index in [1.165, 1.54) is 28.0 Å². The third kappa shape index (κ3) is 4.64. The predicted octanol–water partition coefficient (Wildman–Crippen LogP) is 2.55. The Morgan fingerprint density at radius 1 is 1.38 bits per heavy atom. The van der Waals surface area contributed by atoms with Crippen molar-refractivity contribution in [3.63, 3.8) is 0 Å². The van der Waals surface area contributed by atoms with E-state index >= 15 is 0 Å². The molecule has 2 aromatic heterocycles. The van der Waals surface area contributed by atoms with E-state index in [1.807, 2.05) is 20.8 Å². The summed E-state index contributed by atoms with van der Waals surface area (Å²) in [6.07, 6.45) is -0.0699. The number of aryl methyl sites for hydroxylation is 2. The molecular weight excluding hydrogens is 374 g/mol. The van der Waals surface area contributed by atoms with Gasteiger partial charge in [0.1, 0.15) is 10.7 Å². The number of H-pyrrole nitrogens is 1. The molecule has 2 rings (SSSR count). The number of rotatable bonds is 8. The van der Waals surface area contributed by atoms with Crippen LogP contribution in [0.3, 0.4) is 0 Å². The van der Waals surface area contributed by atoms with Crippen LogP contribution in [-0.2, 0) is 15.3 Å². The topological polar surface area (TPSA) is 103 Å². The number of hydrogen-bond acceptors (Lipinski definition) is 6. The summed E-state index contributed by atoms with van der Waals surface area (Å²) >= 11 is 2.87. The molecule has 0 bridgehead atoms. The molecule has 2 N–H and O–H groups in total. The molecular formula is C17H23N3O4S2. The van der Waals surface area contributed by atoms with Gasteiger partial charge in [-0.2, -0.15) is 0 Å². The largest absolute Gasteiger partial charge is 0.481 e. The Balaban J connectivity index is 2.05. The lowest BCUT2D eigenvalue weighted by Gasteiger charge is -2.23. The van der Waals surface area contributed by atoms with Crippen LogP contribution in [0.5, 0.6) is 0 Å². The van der Waals surface area contributed by atoms with Crippen LogP contribution in [0.25, 0.3) is 10.2 Å². The van der Waals surface area contributed by atoms with Gasteiger partial charge >= 0.3 is 5.97 Å². The summed E-state index contributed by atoms with van der Waals surface area (Å²) < 4.78 is 0. The molecule has 26 heavy (non-hydrogen) atoms. The van der Waals surface area contributed by atoms with E-state index in [0.29, 0.717) is 23.5 Å². The van der Waals surface area contributed by atoms with Gasteiger partial charge in [0, 0.05) is 18.0 Å². The van der Waals surface area contributed by atoms with Crippen LogP contribution in [-0.4, -0.2) is 50.2 Å². The molecule has 0 aliphatic heterocycles. The second kappa shape index (κ2) is 8.68. The highest BCUT2D eigenvalue weighted by Gasteiger charge is 2.21. The Bertz CT molecular complexity index is 875. The van der Waals surface area contributed by atoms with Crippen LogP contribution in [0.15, 0.2) is 4.79 Å². The zero-order valence-electron chi connectivity index (χ0n) is 15.3. The lowest BCUT2D eigenvalue weighted by Crippen LogP contribution is -2.38. The lowest BCUT2D eigenvalue weighted by molar-refractivity contribution is -0.138. The molecule has 0 saturated carbocycles. The maximum atomic E-state index is 12.5. The maximum absolute atomic E-state index is 12.5. The van der Waals surface area contributed by atoms with Crippen molar-refractivity contribution in [3.8, 4) is 0 Å². The number of aromatic amines is 1. The number of aliphatic carboxylic acids is 1. The Labute approximate surface area is 159 Å². The Morgan fingerprint density at radius 3 is 2.69 bits per heavy atom. The summed E-state index contributed by atoms with van der Waals surface area (Å²) in [4.78, 5) is 46.1. The van der Waals surface area contributed by atoms with Gasteiger partial charge < -0.3 is 15.0 Å². The predicted molar refractivity (Wildman–Crippen MR) is 105 cm³/mol. The van der Waals surface area contributed by atoms with E-state index in [1.54, 1.807) is 6.92 Å². The monoisotopic (exact) mass is 397 g/mol. The number of carbonyl (C=O) groups excluding carboxylic acids is 1. The minimum Gasteiger partial charge on any atom is -0.481 e. The molecule has 0 spiro atoms. The van der Waals surface area contributed by atoms with Gasteiger partial charge in [-0.1, -0.05) is 0 Å². The van der Waals surface area contributed by atoms with Crippen molar-refractivity contribution in [2.45, 2.75) is 45.1 Å². The van der Waals surface area contributed by atoms with Gasteiger partial charge in [-0.15, -0.1) is 23.1 Å². The van der Waals surface area contributed by atoms with Crippen molar-refractivity contribution in [2.75, 3.05) is 13.1 Å². The number of fused-ring (bicyclic) bond motifs is 1. The van der Waals surface area contributed by atoms with Crippen LogP contribution < -0.4 is 5.56 Å². The van der Waals surface area contributed by atoms with E-state index in [-0.39, 0.29) is 29.7 Å². The van der Waals surface area contributed by atoms with Crippen LogP contribution in [0.2, 0.25) is 0 Å². The fourth-order valence-corrected chi connectivity index (χ4v) is 4.44. The zero-order valence-corrected chi connectivity index (χ0v) is 16.9. The number of carbonyl (C=O) groups is 2. The Kier molecular flexibility index (Phi) is 6.82. The van der Waals surface area contributed by atoms with Crippen LogP contribution in [0.4, 0.5) is 0 Å². The third-order valence-corrected chi connectivity index (χ3v) is 6.44. The number of carboxylic acid groups (broad SMARTS) is 1. The number of amides is 1. The Morgan fingerprint density at radius 2 is 2.08 bits per heavy atom. The van der Waals surface area contributed by atoms with Crippen LogP contribution >= 0.6 is 23.1 Å². The van der Waals surface area contributed by atoms with Gasteiger partial charge in [0.15, 0.2) is 0 Å². The first-order chi connectivity index (χ1) is 12.2. The first-order valence-electron chi connectivity index (χ1n) is 8.35. The maximum Gasteiger partial charge on any atom is 0.305 e. The second-order valence-electron chi connectivity index (χ2n) is 5.99. The fourth-order valence-electron chi connectivity index (χ4n) is 2.55. The highest BCUT2D eigenvalue weighted by Crippen LogP contribution is 2.26. The van der Waals surface area contributed by atoms with Crippen molar-refractivity contribution in [2.24, 2.45) is 0 Å². The molecule has 2 heterocycles. The number of nitrogens with one attached hydrogen (secondary N) is 1. The number of aromatic nitrogens is 2. The average Bonchev–Trinajstić information content (AvgIpc) is 2.87. The normalized spacial score (nSPS) is 12.3. The van der Waals surface area contributed by atoms with Crippen molar-refractivity contribution in [3.05, 3.63) is 26.6 Å². The molecule has 0 radical (unpaired) electrons. The van der Waals surface area contributed by atoms with E-state index in [9.17, 15) is 14.4 Å². The molecule has 9 heteroatoms. The number of nitrogens with zero attached hydrogens (tertiary/aromatic N) is 2. The van der Waals surface area contributed by atoms with Crippen molar-refractivity contribution in [1.82, 2.24) is 14.9 Å².